The summed E-state index contributed by atoms with van der Waals surface area (Å²) in [5.41, 5.74) is 0.441. The zero-order chi connectivity index (χ0) is 18.4. The molecule has 1 aliphatic rings. The Bertz CT molecular complexity index is 963. The van der Waals surface area contributed by atoms with Crippen molar-refractivity contribution < 1.29 is 22.7 Å². The third-order valence-electron chi connectivity index (χ3n) is 4.05. The molecule has 0 aromatic heterocycles. The van der Waals surface area contributed by atoms with E-state index < -0.39 is 28.6 Å². The molecule has 7 nitrogen and oxygen atoms in total. The maximum absolute atomic E-state index is 12.8. The Morgan fingerprint density at radius 1 is 1.16 bits per heavy atom. The van der Waals surface area contributed by atoms with Crippen LogP contribution < -0.4 is 4.31 Å². The molecule has 0 bridgehead atoms. The van der Waals surface area contributed by atoms with E-state index in [-0.39, 0.29) is 10.8 Å². The fraction of sp³-hybridized carbons (Fsp3) is 0.294. The summed E-state index contributed by atoms with van der Waals surface area (Å²) in [5, 5.41) is 1.38. The van der Waals surface area contributed by atoms with Crippen LogP contribution in [0.2, 0.25) is 0 Å². The van der Waals surface area contributed by atoms with Gasteiger partial charge in [-0.3, -0.25) is 13.9 Å². The number of ether oxygens (including phenoxy) is 1. The van der Waals surface area contributed by atoms with Crippen LogP contribution in [0, 0.1) is 0 Å². The maximum atomic E-state index is 12.8. The molecule has 25 heavy (non-hydrogen) atoms. The summed E-state index contributed by atoms with van der Waals surface area (Å²) in [6, 6.07) is 10.2. The van der Waals surface area contributed by atoms with E-state index in [9.17, 15) is 18.0 Å². The second kappa shape index (κ2) is 6.03. The Balaban J connectivity index is 1.88. The Morgan fingerprint density at radius 2 is 1.80 bits per heavy atom. The van der Waals surface area contributed by atoms with E-state index in [1.54, 1.807) is 32.3 Å². The van der Waals surface area contributed by atoms with E-state index >= 15 is 0 Å². The zero-order valence-electron chi connectivity index (χ0n) is 14.1. The van der Waals surface area contributed by atoms with Crippen LogP contribution in [-0.2, 0) is 24.3 Å². The van der Waals surface area contributed by atoms with Crippen molar-refractivity contribution in [2.24, 2.45) is 0 Å². The average molecular weight is 362 g/mol. The molecule has 1 unspecified atom stereocenters. The van der Waals surface area contributed by atoms with Crippen LogP contribution >= 0.6 is 0 Å². The van der Waals surface area contributed by atoms with E-state index in [0.29, 0.717) is 11.1 Å². The number of rotatable bonds is 4. The highest BCUT2D eigenvalue weighted by Gasteiger charge is 2.37. The number of hydrogen-bond donors (Lipinski definition) is 0. The van der Waals surface area contributed by atoms with E-state index in [4.69, 9.17) is 4.74 Å². The fourth-order valence-corrected chi connectivity index (χ4v) is 4.55. The van der Waals surface area contributed by atoms with Crippen molar-refractivity contribution in [2.75, 3.05) is 24.9 Å². The minimum absolute atomic E-state index is 0.172. The first kappa shape index (κ1) is 17.2. The van der Waals surface area contributed by atoms with Gasteiger partial charge in [0.15, 0.2) is 6.10 Å². The van der Waals surface area contributed by atoms with E-state index in [1.165, 1.54) is 17.9 Å². The number of anilines is 1. The number of carbonyl (C=O) groups is 2. The topological polar surface area (TPSA) is 84.0 Å². The summed E-state index contributed by atoms with van der Waals surface area (Å²) in [5.74, 6) is -1.15. The first-order chi connectivity index (χ1) is 11.7. The molecule has 132 valence electrons. The molecule has 0 saturated carbocycles. The van der Waals surface area contributed by atoms with Gasteiger partial charge in [0.05, 0.1) is 10.6 Å². The molecule has 0 fully saturated rings. The smallest absolute Gasteiger partial charge is 0.327 e. The number of sulfonamides is 1. The normalized spacial score (nSPS) is 15.9. The molecule has 0 spiro atoms. The Morgan fingerprint density at radius 3 is 2.44 bits per heavy atom. The Kier molecular flexibility index (Phi) is 4.16. The van der Waals surface area contributed by atoms with E-state index in [2.05, 4.69) is 0 Å². The van der Waals surface area contributed by atoms with Gasteiger partial charge >= 0.3 is 5.97 Å². The SMILES string of the molecule is CC(OC(=O)CN1c2cccc3cccc(c23)S1(=O)=O)C(=O)N(C)C. The molecular formula is C17H18N2O5S. The van der Waals surface area contributed by atoms with Gasteiger partial charge in [0.2, 0.25) is 0 Å². The predicted molar refractivity (Wildman–Crippen MR) is 92.7 cm³/mol. The number of benzene rings is 2. The van der Waals surface area contributed by atoms with Crippen molar-refractivity contribution in [3.63, 3.8) is 0 Å². The van der Waals surface area contributed by atoms with Crippen molar-refractivity contribution in [1.82, 2.24) is 4.90 Å². The molecular weight excluding hydrogens is 344 g/mol. The van der Waals surface area contributed by atoms with Gasteiger partial charge in [0.1, 0.15) is 6.54 Å². The molecule has 1 atom stereocenters. The molecule has 1 aliphatic heterocycles. The lowest BCUT2D eigenvalue weighted by Crippen LogP contribution is -2.39. The quantitative estimate of drug-likeness (QED) is 0.767. The third kappa shape index (κ3) is 2.82. The minimum atomic E-state index is -3.83. The highest BCUT2D eigenvalue weighted by molar-refractivity contribution is 7.93. The van der Waals surface area contributed by atoms with Crippen LogP contribution in [0.25, 0.3) is 10.8 Å². The molecule has 3 rings (SSSR count). The van der Waals surface area contributed by atoms with Crippen LogP contribution in [0.15, 0.2) is 41.3 Å². The van der Waals surface area contributed by atoms with Gasteiger partial charge in [0, 0.05) is 19.5 Å². The molecule has 1 heterocycles. The van der Waals surface area contributed by atoms with Gasteiger partial charge in [-0.05, 0) is 24.4 Å². The standard InChI is InChI=1S/C17H18N2O5S/c1-11(17(21)18(2)3)24-15(20)10-19-13-8-4-6-12-7-5-9-14(16(12)13)25(19,22)23/h4-9,11H,10H2,1-3H3. The summed E-state index contributed by atoms with van der Waals surface area (Å²) in [6.07, 6.45) is -0.981. The maximum Gasteiger partial charge on any atom is 0.327 e. The molecule has 0 radical (unpaired) electrons. The summed E-state index contributed by atoms with van der Waals surface area (Å²) in [6.45, 7) is 0.968. The summed E-state index contributed by atoms with van der Waals surface area (Å²) >= 11 is 0. The molecule has 0 saturated heterocycles. The lowest BCUT2D eigenvalue weighted by Gasteiger charge is -2.21. The monoisotopic (exact) mass is 362 g/mol. The molecule has 8 heteroatoms. The number of nitrogens with zero attached hydrogens (tertiary/aromatic N) is 2. The zero-order valence-corrected chi connectivity index (χ0v) is 14.9. The van der Waals surface area contributed by atoms with Crippen LogP contribution in [0.1, 0.15) is 6.92 Å². The third-order valence-corrected chi connectivity index (χ3v) is 5.85. The largest absolute Gasteiger partial charge is 0.451 e. The summed E-state index contributed by atoms with van der Waals surface area (Å²) in [4.78, 5) is 25.5. The van der Waals surface area contributed by atoms with Crippen molar-refractivity contribution >= 4 is 38.4 Å². The van der Waals surface area contributed by atoms with Crippen LogP contribution in [0.3, 0.4) is 0 Å². The first-order valence-electron chi connectivity index (χ1n) is 7.68. The second-order valence-corrected chi connectivity index (χ2v) is 7.84. The van der Waals surface area contributed by atoms with E-state index in [1.807, 2.05) is 12.1 Å². The fourth-order valence-electron chi connectivity index (χ4n) is 2.89. The first-order valence-corrected chi connectivity index (χ1v) is 9.12. The van der Waals surface area contributed by atoms with Crippen LogP contribution in [-0.4, -0.2) is 51.9 Å². The van der Waals surface area contributed by atoms with Gasteiger partial charge in [-0.15, -0.1) is 0 Å². The number of likely N-dealkylation sites (N-methyl/N-ethyl adjacent to an activating group) is 1. The van der Waals surface area contributed by atoms with Crippen molar-refractivity contribution in [1.29, 1.82) is 0 Å². The van der Waals surface area contributed by atoms with Gasteiger partial charge in [-0.2, -0.15) is 0 Å². The van der Waals surface area contributed by atoms with Gasteiger partial charge in [0.25, 0.3) is 15.9 Å². The molecule has 2 aromatic rings. The van der Waals surface area contributed by atoms with Crippen LogP contribution in [0.4, 0.5) is 5.69 Å². The molecule has 1 amide bonds. The molecule has 2 aromatic carbocycles. The Hall–Kier alpha value is -2.61. The lowest BCUT2D eigenvalue weighted by atomic mass is 10.1. The van der Waals surface area contributed by atoms with Gasteiger partial charge in [-0.1, -0.05) is 24.3 Å². The highest BCUT2D eigenvalue weighted by atomic mass is 32.2. The summed E-state index contributed by atoms with van der Waals surface area (Å²) < 4.78 is 31.7. The van der Waals surface area contributed by atoms with Crippen molar-refractivity contribution in [2.45, 2.75) is 17.9 Å². The number of hydrogen-bond acceptors (Lipinski definition) is 5. The Labute approximate surface area is 145 Å². The highest BCUT2D eigenvalue weighted by Crippen LogP contribution is 2.41. The predicted octanol–water partition coefficient (Wildman–Crippen LogP) is 1.37. The van der Waals surface area contributed by atoms with Gasteiger partial charge < -0.3 is 9.64 Å². The van der Waals surface area contributed by atoms with Crippen LogP contribution in [0.5, 0.6) is 0 Å². The van der Waals surface area contributed by atoms with Crippen molar-refractivity contribution in [3.05, 3.63) is 36.4 Å². The number of carbonyl (C=O) groups excluding carboxylic acids is 2. The van der Waals surface area contributed by atoms with Crippen molar-refractivity contribution in [3.8, 4) is 0 Å². The van der Waals surface area contributed by atoms with Gasteiger partial charge in [-0.25, -0.2) is 8.42 Å². The summed E-state index contributed by atoms with van der Waals surface area (Å²) in [7, 11) is -0.728. The lowest BCUT2D eigenvalue weighted by molar-refractivity contribution is -0.156. The number of esters is 1. The minimum Gasteiger partial charge on any atom is -0.451 e. The second-order valence-electron chi connectivity index (χ2n) is 6.01. The molecule has 0 aliphatic carbocycles. The van der Waals surface area contributed by atoms with E-state index in [0.717, 1.165) is 9.69 Å². The number of amides is 1. The molecule has 0 N–H and O–H groups in total. The average Bonchev–Trinajstić information content (AvgIpc) is 2.77.